The molecule has 0 radical (unpaired) electrons. The van der Waals surface area contributed by atoms with Gasteiger partial charge in [-0.15, -0.1) is 0 Å². The van der Waals surface area contributed by atoms with Gasteiger partial charge in [0.2, 0.25) is 0 Å². The third-order valence-corrected chi connectivity index (χ3v) is 4.79. The van der Waals surface area contributed by atoms with Gasteiger partial charge in [-0.25, -0.2) is 0 Å². The van der Waals surface area contributed by atoms with E-state index in [4.69, 9.17) is 0 Å². The molecule has 0 saturated carbocycles. The minimum atomic E-state index is -3.99. The largest absolute Gasteiger partial charge is 0.389 e. The molecule has 3 aliphatic heterocycles. The SMILES string of the molecule is FC(F)(F)CCCN1[C@@H]2CC[C@H]1[C@H]1CNC[C@H]12. The van der Waals surface area contributed by atoms with Gasteiger partial charge in [0.1, 0.15) is 0 Å². The summed E-state index contributed by atoms with van der Waals surface area (Å²) in [5.41, 5.74) is 0. The van der Waals surface area contributed by atoms with E-state index in [-0.39, 0.29) is 6.42 Å². The molecular formula is C12H19F3N2. The molecule has 0 aromatic heterocycles. The van der Waals surface area contributed by atoms with Crippen molar-refractivity contribution in [1.29, 1.82) is 0 Å². The minimum Gasteiger partial charge on any atom is -0.316 e. The maximum absolute atomic E-state index is 12.1. The van der Waals surface area contributed by atoms with Crippen LogP contribution in [-0.2, 0) is 0 Å². The molecule has 3 aliphatic rings. The molecule has 2 nitrogen and oxygen atoms in total. The first-order valence-corrected chi connectivity index (χ1v) is 6.59. The molecule has 17 heavy (non-hydrogen) atoms. The summed E-state index contributed by atoms with van der Waals surface area (Å²) >= 11 is 0. The molecule has 4 atom stereocenters. The van der Waals surface area contributed by atoms with Gasteiger partial charge in [0.05, 0.1) is 0 Å². The fourth-order valence-electron chi connectivity index (χ4n) is 4.20. The van der Waals surface area contributed by atoms with E-state index >= 15 is 0 Å². The van der Waals surface area contributed by atoms with Crippen LogP contribution in [0.4, 0.5) is 13.2 Å². The lowest BCUT2D eigenvalue weighted by molar-refractivity contribution is -0.136. The van der Waals surface area contributed by atoms with Crippen molar-refractivity contribution in [2.45, 2.75) is 43.9 Å². The average Bonchev–Trinajstić information content (AvgIpc) is 2.85. The first kappa shape index (κ1) is 11.8. The Morgan fingerprint density at radius 3 is 2.18 bits per heavy atom. The van der Waals surface area contributed by atoms with Gasteiger partial charge in [-0.3, -0.25) is 4.90 Å². The summed E-state index contributed by atoms with van der Waals surface area (Å²) in [5, 5.41) is 3.42. The number of rotatable bonds is 3. The fourth-order valence-corrected chi connectivity index (χ4v) is 4.20. The lowest BCUT2D eigenvalue weighted by atomic mass is 9.82. The van der Waals surface area contributed by atoms with Crippen molar-refractivity contribution in [3.8, 4) is 0 Å². The number of hydrogen-bond donors (Lipinski definition) is 1. The van der Waals surface area contributed by atoms with Crippen LogP contribution in [0.2, 0.25) is 0 Å². The van der Waals surface area contributed by atoms with Crippen LogP contribution >= 0.6 is 0 Å². The monoisotopic (exact) mass is 248 g/mol. The lowest BCUT2D eigenvalue weighted by Gasteiger charge is -2.24. The number of fused-ring (bicyclic) bond motifs is 5. The van der Waals surface area contributed by atoms with E-state index in [0.717, 1.165) is 13.1 Å². The molecule has 0 amide bonds. The highest BCUT2D eigenvalue weighted by Crippen LogP contribution is 2.47. The summed E-state index contributed by atoms with van der Waals surface area (Å²) in [4.78, 5) is 2.38. The Morgan fingerprint density at radius 1 is 1.06 bits per heavy atom. The van der Waals surface area contributed by atoms with Crippen molar-refractivity contribution in [1.82, 2.24) is 10.2 Å². The molecule has 3 heterocycles. The van der Waals surface area contributed by atoms with Crippen molar-refractivity contribution in [2.75, 3.05) is 19.6 Å². The molecular weight excluding hydrogens is 229 g/mol. The summed E-state index contributed by atoms with van der Waals surface area (Å²) in [6, 6.07) is 1.13. The number of nitrogens with one attached hydrogen (secondary N) is 1. The van der Waals surface area contributed by atoms with Gasteiger partial charge < -0.3 is 5.32 Å². The van der Waals surface area contributed by atoms with Gasteiger partial charge in [-0.05, 0) is 50.7 Å². The third kappa shape index (κ3) is 2.08. The zero-order valence-corrected chi connectivity index (χ0v) is 9.84. The molecule has 0 spiro atoms. The van der Waals surface area contributed by atoms with Gasteiger partial charge in [0.25, 0.3) is 0 Å². The van der Waals surface area contributed by atoms with E-state index in [9.17, 15) is 13.2 Å². The summed E-state index contributed by atoms with van der Waals surface area (Å²) in [6.07, 6.45) is -1.96. The summed E-state index contributed by atoms with van der Waals surface area (Å²) < 4.78 is 36.4. The van der Waals surface area contributed by atoms with Crippen molar-refractivity contribution >= 4 is 0 Å². The Balaban J connectivity index is 1.55. The molecule has 3 fully saturated rings. The van der Waals surface area contributed by atoms with Crippen LogP contribution in [0, 0.1) is 11.8 Å². The summed E-state index contributed by atoms with van der Waals surface area (Å²) in [7, 11) is 0. The average molecular weight is 248 g/mol. The highest BCUT2D eigenvalue weighted by Gasteiger charge is 2.54. The molecule has 3 rings (SSSR count). The highest BCUT2D eigenvalue weighted by molar-refractivity contribution is 5.08. The normalized spacial score (nSPS) is 41.1. The molecule has 0 unspecified atom stereocenters. The van der Waals surface area contributed by atoms with E-state index in [0.29, 0.717) is 30.5 Å². The van der Waals surface area contributed by atoms with Crippen molar-refractivity contribution < 1.29 is 13.2 Å². The van der Waals surface area contributed by atoms with Crippen LogP contribution in [0.15, 0.2) is 0 Å². The number of hydrogen-bond acceptors (Lipinski definition) is 2. The minimum absolute atomic E-state index is 0.267. The standard InChI is InChI=1S/C12H19F3N2/c13-12(14,15)4-1-5-17-10-2-3-11(17)9-7-16-6-8(9)10/h8-11,16H,1-7H2/t8-,9+,10-,11+. The van der Waals surface area contributed by atoms with Crippen LogP contribution in [0.1, 0.15) is 25.7 Å². The number of alkyl halides is 3. The number of halogens is 3. The molecule has 1 N–H and O–H groups in total. The van der Waals surface area contributed by atoms with E-state index in [1.165, 1.54) is 12.8 Å². The van der Waals surface area contributed by atoms with E-state index in [1.54, 1.807) is 0 Å². The van der Waals surface area contributed by atoms with Gasteiger partial charge >= 0.3 is 6.18 Å². The van der Waals surface area contributed by atoms with Gasteiger partial charge in [0, 0.05) is 18.5 Å². The van der Waals surface area contributed by atoms with E-state index < -0.39 is 12.6 Å². The van der Waals surface area contributed by atoms with Crippen LogP contribution in [0.5, 0.6) is 0 Å². The van der Waals surface area contributed by atoms with Gasteiger partial charge in [0.15, 0.2) is 0 Å². The Kier molecular flexibility index (Phi) is 2.86. The van der Waals surface area contributed by atoms with Crippen molar-refractivity contribution in [3.05, 3.63) is 0 Å². The zero-order valence-electron chi connectivity index (χ0n) is 9.84. The van der Waals surface area contributed by atoms with Crippen LogP contribution in [0.25, 0.3) is 0 Å². The summed E-state index contributed by atoms with van der Waals surface area (Å²) in [6.45, 7) is 2.78. The predicted octanol–water partition coefficient (Wildman–Crippen LogP) is 2.01. The first-order valence-electron chi connectivity index (χ1n) is 6.59. The molecule has 0 aromatic carbocycles. The zero-order chi connectivity index (χ0) is 12.0. The highest BCUT2D eigenvalue weighted by atomic mass is 19.4. The fraction of sp³-hybridized carbons (Fsp3) is 1.00. The molecule has 0 aliphatic carbocycles. The smallest absolute Gasteiger partial charge is 0.316 e. The quantitative estimate of drug-likeness (QED) is 0.822. The predicted molar refractivity (Wildman–Crippen MR) is 58.7 cm³/mol. The number of nitrogens with zero attached hydrogens (tertiary/aromatic N) is 1. The van der Waals surface area contributed by atoms with E-state index in [2.05, 4.69) is 10.2 Å². The Labute approximate surface area is 99.5 Å². The lowest BCUT2D eigenvalue weighted by Crippen LogP contribution is -2.35. The Morgan fingerprint density at radius 2 is 1.65 bits per heavy atom. The van der Waals surface area contributed by atoms with Gasteiger partial charge in [-0.2, -0.15) is 13.2 Å². The third-order valence-electron chi connectivity index (χ3n) is 4.79. The topological polar surface area (TPSA) is 15.3 Å². The molecule has 5 heteroatoms. The molecule has 3 saturated heterocycles. The van der Waals surface area contributed by atoms with E-state index in [1.807, 2.05) is 0 Å². The van der Waals surface area contributed by atoms with Gasteiger partial charge in [-0.1, -0.05) is 0 Å². The molecule has 2 bridgehead atoms. The summed E-state index contributed by atoms with van der Waals surface area (Å²) in [5.74, 6) is 1.42. The maximum atomic E-state index is 12.1. The van der Waals surface area contributed by atoms with Crippen LogP contribution in [-0.4, -0.2) is 42.8 Å². The second kappa shape index (κ2) is 4.12. The Hall–Kier alpha value is -0.290. The van der Waals surface area contributed by atoms with Crippen molar-refractivity contribution in [3.63, 3.8) is 0 Å². The van der Waals surface area contributed by atoms with Crippen LogP contribution < -0.4 is 5.32 Å². The Bertz CT molecular complexity index is 274. The molecule has 98 valence electrons. The molecule has 0 aromatic rings. The maximum Gasteiger partial charge on any atom is 0.389 e. The van der Waals surface area contributed by atoms with Crippen LogP contribution in [0.3, 0.4) is 0 Å². The second-order valence-corrected chi connectivity index (χ2v) is 5.65. The van der Waals surface area contributed by atoms with Crippen molar-refractivity contribution in [2.24, 2.45) is 11.8 Å². The second-order valence-electron chi connectivity index (χ2n) is 5.65. The first-order chi connectivity index (χ1) is 8.06.